The number of fused-ring (bicyclic) bond motifs is 2. The Labute approximate surface area is 160 Å². The zero-order valence-electron chi connectivity index (χ0n) is 16.7. The van der Waals surface area contributed by atoms with Crippen LogP contribution in [0.4, 0.5) is 5.00 Å². The number of nitrogens with zero attached hydrogens (tertiary/aromatic N) is 1. The van der Waals surface area contributed by atoms with Crippen LogP contribution in [0.5, 0.6) is 0 Å². The molecule has 2 fully saturated rings. The van der Waals surface area contributed by atoms with Crippen molar-refractivity contribution in [1.82, 2.24) is 4.90 Å². The van der Waals surface area contributed by atoms with Gasteiger partial charge in [-0.3, -0.25) is 9.69 Å². The molecule has 1 saturated heterocycles. The number of amides is 1. The van der Waals surface area contributed by atoms with E-state index < -0.39 is 5.97 Å². The monoisotopic (exact) mass is 378 g/mol. The third-order valence-corrected chi connectivity index (χ3v) is 7.02. The van der Waals surface area contributed by atoms with E-state index in [-0.39, 0.29) is 5.91 Å². The summed E-state index contributed by atoms with van der Waals surface area (Å²) >= 11 is 1.44. The summed E-state index contributed by atoms with van der Waals surface area (Å²) in [5.41, 5.74) is 2.00. The van der Waals surface area contributed by atoms with Crippen LogP contribution in [0.1, 0.15) is 60.8 Å². The molecule has 0 spiro atoms. The quantitative estimate of drug-likeness (QED) is 0.805. The highest BCUT2D eigenvalue weighted by Crippen LogP contribution is 2.52. The molecule has 6 heteroatoms. The molecular weight excluding hydrogens is 348 g/mol. The number of anilines is 1. The van der Waals surface area contributed by atoms with Crippen molar-refractivity contribution in [3.63, 3.8) is 0 Å². The van der Waals surface area contributed by atoms with Crippen molar-refractivity contribution in [3.05, 3.63) is 16.0 Å². The Morgan fingerprint density at radius 3 is 2.62 bits per heavy atom. The molecule has 2 unspecified atom stereocenters. The fourth-order valence-electron chi connectivity index (χ4n) is 5.18. The van der Waals surface area contributed by atoms with Crippen LogP contribution in [0, 0.1) is 24.7 Å². The molecule has 1 aliphatic carbocycles. The molecule has 2 aliphatic rings. The number of aryl methyl sites for hydroxylation is 1. The Hall–Kier alpha value is -1.40. The summed E-state index contributed by atoms with van der Waals surface area (Å²) in [7, 11) is 1.37. The lowest BCUT2D eigenvalue weighted by atomic mass is 9.65. The van der Waals surface area contributed by atoms with Gasteiger partial charge in [0, 0.05) is 17.5 Å². The van der Waals surface area contributed by atoms with Gasteiger partial charge in [-0.15, -0.1) is 11.3 Å². The van der Waals surface area contributed by atoms with Gasteiger partial charge in [-0.1, -0.05) is 20.8 Å². The number of hydrogen-bond donors (Lipinski definition) is 1. The van der Waals surface area contributed by atoms with E-state index in [0.29, 0.717) is 34.0 Å². The van der Waals surface area contributed by atoms with Gasteiger partial charge in [0.1, 0.15) is 5.00 Å². The third-order valence-electron chi connectivity index (χ3n) is 5.90. The summed E-state index contributed by atoms with van der Waals surface area (Å²) in [5, 5.41) is 3.57. The van der Waals surface area contributed by atoms with Gasteiger partial charge in [0.2, 0.25) is 5.91 Å². The molecule has 2 bridgehead atoms. The molecule has 1 N–H and O–H groups in total. The minimum absolute atomic E-state index is 0.0506. The first-order chi connectivity index (χ1) is 12.0. The Balaban J connectivity index is 1.71. The number of rotatable bonds is 4. The first kappa shape index (κ1) is 19.4. The maximum atomic E-state index is 12.7. The standard InChI is InChI=1S/C20H30N2O3S/c1-12-13(2)26-17(16(12)18(24)25-6)21-15(23)9-22-11-20(5)8-14(22)7-19(3,4)10-20/h14H,7-11H2,1-6H3,(H,21,23). The normalized spacial score (nSPS) is 27.4. The van der Waals surface area contributed by atoms with Crippen molar-refractivity contribution in [2.75, 3.05) is 25.5 Å². The molecule has 0 radical (unpaired) electrons. The van der Waals surface area contributed by atoms with Crippen LogP contribution in [-0.4, -0.2) is 43.0 Å². The average Bonchev–Trinajstić information content (AvgIpc) is 2.90. The van der Waals surface area contributed by atoms with Crippen molar-refractivity contribution in [2.24, 2.45) is 10.8 Å². The zero-order valence-corrected chi connectivity index (χ0v) is 17.5. The fourth-order valence-corrected chi connectivity index (χ4v) is 6.24. The summed E-state index contributed by atoms with van der Waals surface area (Å²) in [5.74, 6) is -0.446. The number of nitrogens with one attached hydrogen (secondary N) is 1. The maximum Gasteiger partial charge on any atom is 0.341 e. The van der Waals surface area contributed by atoms with Gasteiger partial charge in [-0.25, -0.2) is 4.79 Å². The Morgan fingerprint density at radius 2 is 1.96 bits per heavy atom. The van der Waals surface area contributed by atoms with Crippen LogP contribution in [0.25, 0.3) is 0 Å². The van der Waals surface area contributed by atoms with Crippen LogP contribution < -0.4 is 5.32 Å². The molecular formula is C20H30N2O3S. The average molecular weight is 379 g/mol. The van der Waals surface area contributed by atoms with E-state index in [9.17, 15) is 9.59 Å². The predicted molar refractivity (Wildman–Crippen MR) is 105 cm³/mol. The molecule has 1 aliphatic heterocycles. The second kappa shape index (κ2) is 6.64. The van der Waals surface area contributed by atoms with Gasteiger partial charge in [-0.05, 0) is 49.5 Å². The van der Waals surface area contributed by atoms with Crippen LogP contribution in [-0.2, 0) is 9.53 Å². The number of thiophene rings is 1. The fraction of sp³-hybridized carbons (Fsp3) is 0.700. The lowest BCUT2D eigenvalue weighted by Crippen LogP contribution is -2.38. The first-order valence-corrected chi connectivity index (χ1v) is 10.1. The molecule has 3 rings (SSSR count). The van der Waals surface area contributed by atoms with E-state index in [1.807, 2.05) is 13.8 Å². The largest absolute Gasteiger partial charge is 0.465 e. The van der Waals surface area contributed by atoms with Gasteiger partial charge in [-0.2, -0.15) is 0 Å². The highest BCUT2D eigenvalue weighted by atomic mass is 32.1. The van der Waals surface area contributed by atoms with Gasteiger partial charge in [0.05, 0.1) is 19.2 Å². The minimum atomic E-state index is -0.395. The molecule has 1 aromatic heterocycles. The van der Waals surface area contributed by atoms with E-state index in [0.717, 1.165) is 23.4 Å². The summed E-state index contributed by atoms with van der Waals surface area (Å²) in [4.78, 5) is 28.1. The third kappa shape index (κ3) is 3.67. The Bertz CT molecular complexity index is 740. The zero-order chi connectivity index (χ0) is 19.3. The molecule has 0 aromatic carbocycles. The SMILES string of the molecule is COC(=O)c1c(NC(=O)CN2CC3(C)CC2CC(C)(C)C3)sc(C)c1C. The summed E-state index contributed by atoms with van der Waals surface area (Å²) in [6.45, 7) is 12.2. The number of hydrogen-bond acceptors (Lipinski definition) is 5. The van der Waals surface area contributed by atoms with Crippen LogP contribution in [0.3, 0.4) is 0 Å². The van der Waals surface area contributed by atoms with Gasteiger partial charge in [0.25, 0.3) is 0 Å². The molecule has 144 valence electrons. The second-order valence-electron chi connectivity index (χ2n) is 9.15. The minimum Gasteiger partial charge on any atom is -0.465 e. The van der Waals surface area contributed by atoms with E-state index in [2.05, 4.69) is 31.0 Å². The van der Waals surface area contributed by atoms with E-state index in [4.69, 9.17) is 4.74 Å². The van der Waals surface area contributed by atoms with E-state index in [1.165, 1.54) is 31.3 Å². The number of methoxy groups -OCH3 is 1. The summed E-state index contributed by atoms with van der Waals surface area (Å²) in [6.07, 6.45) is 3.53. The molecule has 2 heterocycles. The molecule has 26 heavy (non-hydrogen) atoms. The van der Waals surface area contributed by atoms with Crippen LogP contribution in [0.15, 0.2) is 0 Å². The first-order valence-electron chi connectivity index (χ1n) is 9.26. The topological polar surface area (TPSA) is 58.6 Å². The van der Waals surface area contributed by atoms with Gasteiger partial charge in [0.15, 0.2) is 0 Å². The van der Waals surface area contributed by atoms with E-state index >= 15 is 0 Å². The second-order valence-corrected chi connectivity index (χ2v) is 10.4. The number of likely N-dealkylation sites (tertiary alicyclic amines) is 1. The number of carbonyl (C=O) groups excluding carboxylic acids is 2. The Morgan fingerprint density at radius 1 is 1.27 bits per heavy atom. The molecule has 1 aromatic rings. The van der Waals surface area contributed by atoms with Crippen molar-refractivity contribution in [3.8, 4) is 0 Å². The van der Waals surface area contributed by atoms with Crippen molar-refractivity contribution >= 4 is 28.2 Å². The van der Waals surface area contributed by atoms with Gasteiger partial charge < -0.3 is 10.1 Å². The maximum absolute atomic E-state index is 12.7. The van der Waals surface area contributed by atoms with Crippen LogP contribution in [0.2, 0.25) is 0 Å². The highest BCUT2D eigenvalue weighted by Gasteiger charge is 2.49. The molecule has 1 saturated carbocycles. The number of ether oxygens (including phenoxy) is 1. The lowest BCUT2D eigenvalue weighted by Gasteiger charge is -2.39. The number of esters is 1. The van der Waals surface area contributed by atoms with Crippen molar-refractivity contribution in [2.45, 2.75) is 59.9 Å². The Kier molecular flexibility index (Phi) is 4.95. The van der Waals surface area contributed by atoms with E-state index in [1.54, 1.807) is 0 Å². The van der Waals surface area contributed by atoms with Crippen molar-refractivity contribution in [1.29, 1.82) is 0 Å². The van der Waals surface area contributed by atoms with Crippen molar-refractivity contribution < 1.29 is 14.3 Å². The summed E-state index contributed by atoms with van der Waals surface area (Å²) < 4.78 is 4.89. The molecule has 5 nitrogen and oxygen atoms in total. The van der Waals surface area contributed by atoms with Gasteiger partial charge >= 0.3 is 5.97 Å². The lowest BCUT2D eigenvalue weighted by molar-refractivity contribution is -0.117. The predicted octanol–water partition coefficient (Wildman–Crippen LogP) is 3.99. The molecule has 1 amide bonds. The highest BCUT2D eigenvalue weighted by molar-refractivity contribution is 7.16. The summed E-state index contributed by atoms with van der Waals surface area (Å²) in [6, 6.07) is 0.474. The molecule has 2 atom stereocenters. The number of carbonyl (C=O) groups is 2. The smallest absolute Gasteiger partial charge is 0.341 e. The van der Waals surface area contributed by atoms with Crippen LogP contribution >= 0.6 is 11.3 Å².